The third kappa shape index (κ3) is 4.14. The van der Waals surface area contributed by atoms with Gasteiger partial charge in [-0.1, -0.05) is 30.3 Å². The molecule has 4 N–H and O–H groups in total. The van der Waals surface area contributed by atoms with Gasteiger partial charge in [-0.25, -0.2) is 15.8 Å². The van der Waals surface area contributed by atoms with Gasteiger partial charge in [0.2, 0.25) is 5.91 Å². The van der Waals surface area contributed by atoms with E-state index >= 15 is 0 Å². The zero-order valence-electron chi connectivity index (χ0n) is 16.4. The van der Waals surface area contributed by atoms with Crippen molar-refractivity contribution in [1.82, 2.24) is 20.8 Å². The number of benzene rings is 2. The molecule has 0 aliphatic carbocycles. The number of rotatable bonds is 6. The molecule has 4 aromatic rings. The summed E-state index contributed by atoms with van der Waals surface area (Å²) >= 11 is 1.70. The maximum atomic E-state index is 12.7. The minimum atomic E-state index is -0.253. The molecule has 2 unspecified atom stereocenters. The Morgan fingerprint density at radius 1 is 1.07 bits per heavy atom. The molecule has 0 saturated carbocycles. The smallest absolute Gasteiger partial charge is 0.242 e. The summed E-state index contributed by atoms with van der Waals surface area (Å²) in [5.74, 6) is 0.961. The highest BCUT2D eigenvalue weighted by Gasteiger charge is 2.30. The van der Waals surface area contributed by atoms with Crippen LogP contribution in [0.15, 0.2) is 66.0 Å². The number of aromatic amines is 1. The molecular weight excluding hydrogens is 394 g/mol. The highest BCUT2D eigenvalue weighted by molar-refractivity contribution is 7.10. The Morgan fingerprint density at radius 3 is 2.87 bits per heavy atom. The molecule has 3 heterocycles. The Balaban J connectivity index is 1.19. The highest BCUT2D eigenvalue weighted by Crippen LogP contribution is 2.26. The lowest BCUT2D eigenvalue weighted by atomic mass is 10.1. The lowest BCUT2D eigenvalue weighted by Gasteiger charge is -2.11. The Morgan fingerprint density at radius 2 is 2.00 bits per heavy atom. The fraction of sp³-hybridized carbons (Fsp3) is 0.217. The summed E-state index contributed by atoms with van der Waals surface area (Å²) in [5.41, 5.74) is 10.4. The first-order valence-corrected chi connectivity index (χ1v) is 11.0. The van der Waals surface area contributed by atoms with E-state index in [0.717, 1.165) is 41.8 Å². The van der Waals surface area contributed by atoms with Crippen LogP contribution in [-0.4, -0.2) is 21.9 Å². The van der Waals surface area contributed by atoms with E-state index in [0.29, 0.717) is 0 Å². The van der Waals surface area contributed by atoms with Crippen molar-refractivity contribution in [2.24, 2.45) is 0 Å². The second-order valence-corrected chi connectivity index (χ2v) is 8.51. The lowest BCUT2D eigenvalue weighted by Crippen LogP contribution is -2.39. The second kappa shape index (κ2) is 8.39. The summed E-state index contributed by atoms with van der Waals surface area (Å²) in [4.78, 5) is 21.9. The minimum absolute atomic E-state index is 0.0176. The molecule has 152 valence electrons. The minimum Gasteiger partial charge on any atom is -0.342 e. The number of nitrogens with zero attached hydrogens (tertiary/aromatic N) is 1. The van der Waals surface area contributed by atoms with Crippen molar-refractivity contribution < 1.29 is 4.79 Å². The molecular formula is C23H23N5OS. The topological polar surface area (TPSA) is 81.8 Å². The molecule has 30 heavy (non-hydrogen) atoms. The van der Waals surface area contributed by atoms with Crippen LogP contribution in [0.1, 0.15) is 28.7 Å². The molecule has 1 amide bonds. The number of para-hydroxylation sites is 2. The second-order valence-electron chi connectivity index (χ2n) is 7.54. The number of imidazole rings is 1. The SMILES string of the molecule is O=C(Nc1cccc(CCc2nc3ccccc3[nH]2)c1)C1CC(c2cccs2)NN1. The Kier molecular flexibility index (Phi) is 5.31. The summed E-state index contributed by atoms with van der Waals surface area (Å²) < 4.78 is 0. The molecule has 2 aromatic carbocycles. The van der Waals surface area contributed by atoms with Gasteiger partial charge < -0.3 is 10.3 Å². The van der Waals surface area contributed by atoms with E-state index in [4.69, 9.17) is 0 Å². The number of hydrogen-bond donors (Lipinski definition) is 4. The van der Waals surface area contributed by atoms with Crippen LogP contribution in [0.2, 0.25) is 0 Å². The summed E-state index contributed by atoms with van der Waals surface area (Å²) in [6.45, 7) is 0. The Bertz CT molecular complexity index is 1120. The van der Waals surface area contributed by atoms with Crippen LogP contribution < -0.4 is 16.2 Å². The van der Waals surface area contributed by atoms with Crippen LogP contribution >= 0.6 is 11.3 Å². The zero-order valence-corrected chi connectivity index (χ0v) is 17.2. The van der Waals surface area contributed by atoms with Crippen molar-refractivity contribution in [2.45, 2.75) is 31.3 Å². The maximum Gasteiger partial charge on any atom is 0.242 e. The maximum absolute atomic E-state index is 12.7. The van der Waals surface area contributed by atoms with Crippen molar-refractivity contribution in [3.63, 3.8) is 0 Å². The first kappa shape index (κ1) is 19.0. The molecule has 0 bridgehead atoms. The van der Waals surface area contributed by atoms with Gasteiger partial charge in [-0.15, -0.1) is 11.3 Å². The third-order valence-corrected chi connectivity index (χ3v) is 6.38. The molecule has 1 saturated heterocycles. The molecule has 1 aliphatic rings. The molecule has 2 aromatic heterocycles. The van der Waals surface area contributed by atoms with Gasteiger partial charge in [0.15, 0.2) is 0 Å². The number of nitrogens with one attached hydrogen (secondary N) is 4. The number of aryl methyl sites for hydroxylation is 2. The number of H-pyrrole nitrogens is 1. The van der Waals surface area contributed by atoms with Gasteiger partial charge in [0.1, 0.15) is 11.9 Å². The van der Waals surface area contributed by atoms with Gasteiger partial charge in [-0.05, 0) is 54.1 Å². The fourth-order valence-corrected chi connectivity index (χ4v) is 4.62. The van der Waals surface area contributed by atoms with E-state index in [2.05, 4.69) is 43.6 Å². The van der Waals surface area contributed by atoms with Crippen molar-refractivity contribution in [2.75, 3.05) is 5.32 Å². The van der Waals surface area contributed by atoms with Gasteiger partial charge in [0, 0.05) is 17.0 Å². The predicted octanol–water partition coefficient (Wildman–Crippen LogP) is 3.96. The number of anilines is 1. The van der Waals surface area contributed by atoms with Crippen molar-refractivity contribution >= 4 is 34.0 Å². The number of carbonyl (C=O) groups excluding carboxylic acids is 1. The van der Waals surface area contributed by atoms with Crippen molar-refractivity contribution in [3.05, 3.63) is 82.3 Å². The lowest BCUT2D eigenvalue weighted by molar-refractivity contribution is -0.117. The molecule has 7 heteroatoms. The molecule has 5 rings (SSSR count). The van der Waals surface area contributed by atoms with Crippen LogP contribution in [0.5, 0.6) is 0 Å². The largest absolute Gasteiger partial charge is 0.342 e. The van der Waals surface area contributed by atoms with Crippen LogP contribution in [0.25, 0.3) is 11.0 Å². The van der Waals surface area contributed by atoms with Gasteiger partial charge in [0.25, 0.3) is 0 Å². The monoisotopic (exact) mass is 417 g/mol. The van der Waals surface area contributed by atoms with Crippen LogP contribution in [0.4, 0.5) is 5.69 Å². The van der Waals surface area contributed by atoms with E-state index in [1.54, 1.807) is 11.3 Å². The molecule has 2 atom stereocenters. The number of carbonyl (C=O) groups is 1. The number of thiophene rings is 1. The molecule has 0 spiro atoms. The van der Waals surface area contributed by atoms with E-state index in [-0.39, 0.29) is 18.0 Å². The quantitative estimate of drug-likeness (QED) is 0.383. The standard InChI is InChI=1S/C23H23N5OS/c29-23(20-14-19(27-28-20)21-9-4-12-30-21)24-16-6-3-5-15(13-16)10-11-22-25-17-7-1-2-8-18(17)26-22/h1-9,12-13,19-20,27-28H,10-11,14H2,(H,24,29)(H,25,26). The highest BCUT2D eigenvalue weighted by atomic mass is 32.1. The van der Waals surface area contributed by atoms with Gasteiger partial charge in [-0.3, -0.25) is 4.79 Å². The number of fused-ring (bicyclic) bond motifs is 1. The van der Waals surface area contributed by atoms with Crippen molar-refractivity contribution in [3.8, 4) is 0 Å². The van der Waals surface area contributed by atoms with Crippen LogP contribution in [0.3, 0.4) is 0 Å². The molecule has 1 aliphatic heterocycles. The van der Waals surface area contributed by atoms with E-state index < -0.39 is 0 Å². The number of aromatic nitrogens is 2. The van der Waals surface area contributed by atoms with Gasteiger partial charge >= 0.3 is 0 Å². The van der Waals surface area contributed by atoms with Crippen LogP contribution in [0, 0.1) is 0 Å². The predicted molar refractivity (Wildman–Crippen MR) is 120 cm³/mol. The first-order chi connectivity index (χ1) is 14.7. The van der Waals surface area contributed by atoms with Gasteiger partial charge in [-0.2, -0.15) is 0 Å². The number of hydrogen-bond acceptors (Lipinski definition) is 5. The fourth-order valence-electron chi connectivity index (χ4n) is 3.82. The van der Waals surface area contributed by atoms with Gasteiger partial charge in [0.05, 0.1) is 17.1 Å². The number of amides is 1. The Labute approximate surface area is 178 Å². The van der Waals surface area contributed by atoms with Crippen molar-refractivity contribution in [1.29, 1.82) is 0 Å². The normalized spacial score (nSPS) is 18.7. The molecule has 0 radical (unpaired) electrons. The average molecular weight is 418 g/mol. The van der Waals surface area contributed by atoms with Crippen LogP contribution in [-0.2, 0) is 17.6 Å². The summed E-state index contributed by atoms with van der Waals surface area (Å²) in [6.07, 6.45) is 2.41. The average Bonchev–Trinajstić information content (AvgIpc) is 3.52. The molecule has 1 fully saturated rings. The summed E-state index contributed by atoms with van der Waals surface area (Å²) in [6, 6.07) is 20.1. The molecule has 6 nitrogen and oxygen atoms in total. The Hall–Kier alpha value is -3.00. The third-order valence-electron chi connectivity index (χ3n) is 5.39. The zero-order chi connectivity index (χ0) is 20.3. The first-order valence-electron chi connectivity index (χ1n) is 10.1. The summed E-state index contributed by atoms with van der Waals surface area (Å²) in [7, 11) is 0. The van der Waals surface area contributed by atoms with E-state index in [1.807, 2.05) is 48.5 Å². The van der Waals surface area contributed by atoms with E-state index in [1.165, 1.54) is 10.4 Å². The summed E-state index contributed by atoms with van der Waals surface area (Å²) in [5, 5.41) is 5.11. The van der Waals surface area contributed by atoms with E-state index in [9.17, 15) is 4.79 Å². The number of hydrazine groups is 1.